The molecule has 1 fully saturated rings. The van der Waals surface area contributed by atoms with Crippen molar-refractivity contribution in [3.63, 3.8) is 0 Å². The van der Waals surface area contributed by atoms with E-state index in [2.05, 4.69) is 10.2 Å². The Bertz CT molecular complexity index is 723. The Morgan fingerprint density at radius 1 is 1.26 bits per heavy atom. The molecule has 1 aliphatic rings. The summed E-state index contributed by atoms with van der Waals surface area (Å²) in [5, 5.41) is 2.71. The molecule has 8 nitrogen and oxygen atoms in total. The van der Waals surface area contributed by atoms with Crippen LogP contribution < -0.4 is 9.62 Å². The molecule has 1 aromatic carbocycles. The molecule has 27 heavy (non-hydrogen) atoms. The maximum atomic E-state index is 14.1. The zero-order valence-corrected chi connectivity index (χ0v) is 16.5. The van der Waals surface area contributed by atoms with Crippen LogP contribution in [0.1, 0.15) is 6.42 Å². The number of hydrogen-bond donors (Lipinski definition) is 1. The van der Waals surface area contributed by atoms with Crippen molar-refractivity contribution in [1.82, 2.24) is 14.5 Å². The van der Waals surface area contributed by atoms with Gasteiger partial charge in [0.1, 0.15) is 12.4 Å². The van der Waals surface area contributed by atoms with E-state index < -0.39 is 28.5 Å². The molecule has 1 aliphatic heterocycles. The van der Waals surface area contributed by atoms with Crippen LogP contribution in [0.25, 0.3) is 0 Å². The Morgan fingerprint density at radius 2 is 1.93 bits per heavy atom. The van der Waals surface area contributed by atoms with Crippen LogP contribution in [-0.2, 0) is 19.7 Å². The van der Waals surface area contributed by atoms with Crippen molar-refractivity contribution >= 4 is 21.8 Å². The summed E-state index contributed by atoms with van der Waals surface area (Å²) < 4.78 is 46.2. The third-order valence-corrected chi connectivity index (χ3v) is 6.03. The first-order valence-corrected chi connectivity index (χ1v) is 10.2. The van der Waals surface area contributed by atoms with Crippen molar-refractivity contribution in [2.75, 3.05) is 64.3 Å². The first-order chi connectivity index (χ1) is 12.8. The molecule has 1 heterocycles. The van der Waals surface area contributed by atoms with E-state index in [1.807, 2.05) is 0 Å². The van der Waals surface area contributed by atoms with Gasteiger partial charge in [-0.05, 0) is 25.1 Å². The average molecular weight is 402 g/mol. The van der Waals surface area contributed by atoms with E-state index in [0.717, 1.165) is 40.7 Å². The highest BCUT2D eigenvalue weighted by Crippen LogP contribution is 2.22. The van der Waals surface area contributed by atoms with Crippen molar-refractivity contribution in [3.8, 4) is 0 Å². The van der Waals surface area contributed by atoms with Gasteiger partial charge in [0.05, 0.1) is 18.9 Å². The topological polar surface area (TPSA) is 82.2 Å². The van der Waals surface area contributed by atoms with E-state index in [9.17, 15) is 17.6 Å². The van der Waals surface area contributed by atoms with Crippen LogP contribution in [0.15, 0.2) is 24.3 Å². The van der Waals surface area contributed by atoms with E-state index in [0.29, 0.717) is 19.8 Å². The number of nitrogens with one attached hydrogen (secondary N) is 1. The number of halogens is 1. The Kier molecular flexibility index (Phi) is 7.96. The second-order valence-electron chi connectivity index (χ2n) is 6.41. The summed E-state index contributed by atoms with van der Waals surface area (Å²) in [5.41, 5.74) is -0.158. The largest absolute Gasteiger partial charge is 0.379 e. The van der Waals surface area contributed by atoms with Crippen LogP contribution in [0.5, 0.6) is 0 Å². The summed E-state index contributed by atoms with van der Waals surface area (Å²) in [4.78, 5) is 14.5. The minimum atomic E-state index is -4.01. The molecule has 0 saturated carbocycles. The maximum absolute atomic E-state index is 14.1. The third-order valence-electron chi connectivity index (χ3n) is 4.23. The molecule has 0 spiro atoms. The molecule has 2 rings (SSSR count). The zero-order chi connectivity index (χ0) is 19.9. The second-order valence-corrected chi connectivity index (χ2v) is 8.47. The van der Waals surface area contributed by atoms with E-state index >= 15 is 0 Å². The predicted molar refractivity (Wildman–Crippen MR) is 101 cm³/mol. The summed E-state index contributed by atoms with van der Waals surface area (Å²) in [6, 6.07) is 5.48. The quantitative estimate of drug-likeness (QED) is 0.600. The lowest BCUT2D eigenvalue weighted by Crippen LogP contribution is -2.46. The molecular weight excluding hydrogens is 375 g/mol. The molecule has 1 aromatic rings. The number of anilines is 1. The number of hydrogen-bond acceptors (Lipinski definition) is 5. The van der Waals surface area contributed by atoms with Gasteiger partial charge in [-0.15, -0.1) is 0 Å². The van der Waals surface area contributed by atoms with Crippen LogP contribution in [0.3, 0.4) is 0 Å². The van der Waals surface area contributed by atoms with Crippen LogP contribution in [-0.4, -0.2) is 83.6 Å². The molecule has 152 valence electrons. The molecule has 1 saturated heterocycles. The summed E-state index contributed by atoms with van der Waals surface area (Å²) in [5.74, 6) is -1.19. The number of morpholine rings is 1. The van der Waals surface area contributed by atoms with Crippen molar-refractivity contribution in [3.05, 3.63) is 30.1 Å². The van der Waals surface area contributed by atoms with Crippen LogP contribution in [0, 0.1) is 5.82 Å². The Balaban J connectivity index is 1.94. The van der Waals surface area contributed by atoms with Gasteiger partial charge in [-0.2, -0.15) is 12.7 Å². The fraction of sp³-hybridized carbons (Fsp3) is 0.588. The SMILES string of the molecule is CN(C)S(=O)(=O)N(CC(=O)NCCCN1CCOCC1)c1ccccc1F. The van der Waals surface area contributed by atoms with Crippen molar-refractivity contribution in [2.45, 2.75) is 6.42 Å². The second kappa shape index (κ2) is 9.98. The Morgan fingerprint density at radius 3 is 2.56 bits per heavy atom. The summed E-state index contributed by atoms with van der Waals surface area (Å²) in [6.45, 7) is 3.93. The van der Waals surface area contributed by atoms with Crippen LogP contribution in [0.4, 0.5) is 10.1 Å². The van der Waals surface area contributed by atoms with Gasteiger partial charge in [0.15, 0.2) is 0 Å². The first kappa shape index (κ1) is 21.5. The molecule has 10 heteroatoms. The van der Waals surface area contributed by atoms with Gasteiger partial charge in [-0.1, -0.05) is 12.1 Å². The predicted octanol–water partition coefficient (Wildman–Crippen LogP) is 0.277. The first-order valence-electron chi connectivity index (χ1n) is 8.84. The number of nitrogens with zero attached hydrogens (tertiary/aromatic N) is 3. The van der Waals surface area contributed by atoms with Gasteiger partial charge in [0.25, 0.3) is 0 Å². The van der Waals surface area contributed by atoms with Crippen LogP contribution in [0.2, 0.25) is 0 Å². The van der Waals surface area contributed by atoms with Gasteiger partial charge < -0.3 is 10.1 Å². The fourth-order valence-corrected chi connectivity index (χ4v) is 3.75. The van der Waals surface area contributed by atoms with E-state index in [4.69, 9.17) is 4.74 Å². The van der Waals surface area contributed by atoms with Crippen molar-refractivity contribution in [1.29, 1.82) is 0 Å². The zero-order valence-electron chi connectivity index (χ0n) is 15.7. The lowest BCUT2D eigenvalue weighted by atomic mass is 10.3. The summed E-state index contributed by atoms with van der Waals surface area (Å²) >= 11 is 0. The standard InChI is InChI=1S/C17H27FN4O4S/c1-20(2)27(24,25)22(16-7-4-3-6-15(16)18)14-17(23)19-8-5-9-21-10-12-26-13-11-21/h3-4,6-7H,5,8-14H2,1-2H3,(H,19,23). The van der Waals surface area contributed by atoms with Crippen molar-refractivity contribution < 1.29 is 22.3 Å². The molecule has 0 bridgehead atoms. The number of carbonyl (C=O) groups is 1. The maximum Gasteiger partial charge on any atom is 0.304 e. The number of para-hydroxylation sites is 1. The minimum Gasteiger partial charge on any atom is -0.379 e. The lowest BCUT2D eigenvalue weighted by molar-refractivity contribution is -0.119. The fourth-order valence-electron chi connectivity index (χ4n) is 2.68. The normalized spacial score (nSPS) is 15.7. The smallest absolute Gasteiger partial charge is 0.304 e. The average Bonchev–Trinajstić information content (AvgIpc) is 2.64. The number of amides is 1. The van der Waals surface area contributed by atoms with Gasteiger partial charge in [0.2, 0.25) is 5.91 Å². The molecule has 1 amide bonds. The highest BCUT2D eigenvalue weighted by Gasteiger charge is 2.29. The lowest BCUT2D eigenvalue weighted by Gasteiger charge is -2.27. The van der Waals surface area contributed by atoms with Gasteiger partial charge >= 0.3 is 10.2 Å². The van der Waals surface area contributed by atoms with E-state index in [1.165, 1.54) is 32.3 Å². The van der Waals surface area contributed by atoms with Gasteiger partial charge in [-0.25, -0.2) is 8.70 Å². The number of rotatable bonds is 9. The monoisotopic (exact) mass is 402 g/mol. The van der Waals surface area contributed by atoms with Crippen molar-refractivity contribution in [2.24, 2.45) is 0 Å². The number of carbonyl (C=O) groups excluding carboxylic acids is 1. The summed E-state index contributed by atoms with van der Waals surface area (Å²) in [7, 11) is -1.34. The van der Waals surface area contributed by atoms with E-state index in [1.54, 1.807) is 0 Å². The molecular formula is C17H27FN4O4S. The summed E-state index contributed by atoms with van der Waals surface area (Å²) in [6.07, 6.45) is 0.742. The number of benzene rings is 1. The van der Waals surface area contributed by atoms with E-state index in [-0.39, 0.29) is 5.69 Å². The van der Waals surface area contributed by atoms with Gasteiger partial charge in [0, 0.05) is 33.7 Å². The van der Waals surface area contributed by atoms with Crippen LogP contribution >= 0.6 is 0 Å². The minimum absolute atomic E-state index is 0.158. The third kappa shape index (κ3) is 6.13. The highest BCUT2D eigenvalue weighted by molar-refractivity contribution is 7.90. The molecule has 0 aromatic heterocycles. The highest BCUT2D eigenvalue weighted by atomic mass is 32.2. The molecule has 0 radical (unpaired) electrons. The number of ether oxygens (including phenoxy) is 1. The molecule has 0 aliphatic carbocycles. The molecule has 1 N–H and O–H groups in total. The molecule has 0 unspecified atom stereocenters. The Labute approximate surface area is 160 Å². The van der Waals surface area contributed by atoms with Gasteiger partial charge in [-0.3, -0.25) is 9.69 Å². The Hall–Kier alpha value is -1.75. The molecule has 0 atom stereocenters.